The van der Waals surface area contributed by atoms with E-state index in [0.717, 1.165) is 43.5 Å². The van der Waals surface area contributed by atoms with E-state index in [1.54, 1.807) is 0 Å². The molecule has 0 saturated carbocycles. The van der Waals surface area contributed by atoms with Gasteiger partial charge in [-0.25, -0.2) is 0 Å². The Labute approximate surface area is 126 Å². The molecule has 0 bridgehead atoms. The maximum atomic E-state index is 12.7. The molecule has 0 spiro atoms. The Kier molecular flexibility index (Phi) is 3.91. The fourth-order valence-corrected chi connectivity index (χ4v) is 3.23. The molecule has 0 saturated heterocycles. The van der Waals surface area contributed by atoms with Gasteiger partial charge in [0, 0.05) is 23.7 Å². The smallest absolute Gasteiger partial charge is 0.166 e. The van der Waals surface area contributed by atoms with E-state index in [1.165, 1.54) is 11.3 Å². The molecule has 0 N–H and O–H groups in total. The molecule has 1 aromatic heterocycles. The summed E-state index contributed by atoms with van der Waals surface area (Å²) in [5.74, 6) is 0.408. The molecule has 1 unspecified atom stereocenters. The summed E-state index contributed by atoms with van der Waals surface area (Å²) in [5, 5.41) is 4.59. The Morgan fingerprint density at radius 3 is 2.86 bits per heavy atom. The van der Waals surface area contributed by atoms with E-state index in [1.807, 2.05) is 22.9 Å². The molecule has 3 heteroatoms. The lowest BCUT2D eigenvalue weighted by molar-refractivity contribution is 0.0900. The summed E-state index contributed by atoms with van der Waals surface area (Å²) in [7, 11) is 0. The lowest BCUT2D eigenvalue weighted by Gasteiger charge is -2.23. The van der Waals surface area contributed by atoms with Crippen LogP contribution < -0.4 is 0 Å². The highest BCUT2D eigenvalue weighted by atomic mass is 16.1. The van der Waals surface area contributed by atoms with Crippen molar-refractivity contribution >= 4 is 5.78 Å². The van der Waals surface area contributed by atoms with Crippen LogP contribution in [0.15, 0.2) is 30.3 Å². The number of Topliss-reactive ketones (excluding diaryl/α,β-unsaturated/α-hetero) is 1. The van der Waals surface area contributed by atoms with Gasteiger partial charge in [-0.1, -0.05) is 31.2 Å². The SMILES string of the molecule is CCc1cc(CC2CCc3ccccc3C2=O)n(CC)n1. The van der Waals surface area contributed by atoms with Crippen LogP contribution in [0.4, 0.5) is 0 Å². The van der Waals surface area contributed by atoms with Gasteiger partial charge in [-0.2, -0.15) is 5.10 Å². The molecule has 1 aliphatic rings. The van der Waals surface area contributed by atoms with E-state index in [9.17, 15) is 4.79 Å². The van der Waals surface area contributed by atoms with Crippen molar-refractivity contribution in [3.05, 3.63) is 52.8 Å². The number of rotatable bonds is 4. The zero-order valence-electron chi connectivity index (χ0n) is 12.8. The predicted molar refractivity (Wildman–Crippen MR) is 83.6 cm³/mol. The van der Waals surface area contributed by atoms with Crippen LogP contribution in [0.2, 0.25) is 0 Å². The molecule has 3 nitrogen and oxygen atoms in total. The van der Waals surface area contributed by atoms with Gasteiger partial charge in [-0.15, -0.1) is 0 Å². The first-order valence-corrected chi connectivity index (χ1v) is 7.90. The molecular weight excluding hydrogens is 260 g/mol. The van der Waals surface area contributed by atoms with E-state index in [0.29, 0.717) is 5.78 Å². The minimum absolute atomic E-state index is 0.103. The third-order valence-corrected chi connectivity index (χ3v) is 4.45. The molecule has 0 aliphatic heterocycles. The highest BCUT2D eigenvalue weighted by Gasteiger charge is 2.28. The molecule has 1 aliphatic carbocycles. The van der Waals surface area contributed by atoms with Crippen molar-refractivity contribution in [2.24, 2.45) is 5.92 Å². The van der Waals surface area contributed by atoms with Crippen molar-refractivity contribution in [1.29, 1.82) is 0 Å². The van der Waals surface area contributed by atoms with Crippen molar-refractivity contribution in [2.75, 3.05) is 0 Å². The van der Waals surface area contributed by atoms with Crippen molar-refractivity contribution < 1.29 is 4.79 Å². The number of aromatic nitrogens is 2. The monoisotopic (exact) mass is 282 g/mol. The first kappa shape index (κ1) is 14.1. The van der Waals surface area contributed by atoms with Crippen molar-refractivity contribution in [1.82, 2.24) is 9.78 Å². The Hall–Kier alpha value is -1.90. The van der Waals surface area contributed by atoms with Crippen LogP contribution in [0.3, 0.4) is 0 Å². The molecule has 1 heterocycles. The van der Waals surface area contributed by atoms with E-state index >= 15 is 0 Å². The lowest BCUT2D eigenvalue weighted by Crippen LogP contribution is -2.25. The van der Waals surface area contributed by atoms with E-state index in [4.69, 9.17) is 0 Å². The Morgan fingerprint density at radius 1 is 1.29 bits per heavy atom. The van der Waals surface area contributed by atoms with E-state index in [-0.39, 0.29) is 5.92 Å². The standard InChI is InChI=1S/C18H22N2O/c1-3-15-12-16(20(4-2)19-15)11-14-10-9-13-7-5-6-8-17(13)18(14)21/h5-8,12,14H,3-4,9-11H2,1-2H3. The first-order chi connectivity index (χ1) is 10.2. The second-order valence-corrected chi connectivity index (χ2v) is 5.76. The summed E-state index contributed by atoms with van der Waals surface area (Å²) in [4.78, 5) is 12.7. The summed E-state index contributed by atoms with van der Waals surface area (Å²) in [5.41, 5.74) is 4.45. The molecule has 3 rings (SSSR count). The van der Waals surface area contributed by atoms with E-state index < -0.39 is 0 Å². The molecule has 2 aromatic rings. The molecule has 110 valence electrons. The van der Waals surface area contributed by atoms with Gasteiger partial charge in [0.2, 0.25) is 0 Å². The third-order valence-electron chi connectivity index (χ3n) is 4.45. The quantitative estimate of drug-likeness (QED) is 0.861. The van der Waals surface area contributed by atoms with Crippen LogP contribution in [0, 0.1) is 5.92 Å². The number of benzene rings is 1. The fourth-order valence-electron chi connectivity index (χ4n) is 3.23. The lowest BCUT2D eigenvalue weighted by atomic mass is 9.80. The topological polar surface area (TPSA) is 34.9 Å². The fraction of sp³-hybridized carbons (Fsp3) is 0.444. The average Bonchev–Trinajstić information content (AvgIpc) is 2.92. The maximum absolute atomic E-state index is 12.7. The number of carbonyl (C=O) groups excluding carboxylic acids is 1. The molecule has 1 aromatic carbocycles. The zero-order valence-corrected chi connectivity index (χ0v) is 12.8. The van der Waals surface area contributed by atoms with Gasteiger partial charge in [0.15, 0.2) is 5.78 Å². The number of hydrogen-bond donors (Lipinski definition) is 0. The minimum Gasteiger partial charge on any atom is -0.294 e. The molecule has 0 radical (unpaired) electrons. The summed E-state index contributed by atoms with van der Waals surface area (Å²) >= 11 is 0. The first-order valence-electron chi connectivity index (χ1n) is 7.90. The predicted octanol–water partition coefficient (Wildman–Crippen LogP) is 3.45. The van der Waals surface area contributed by atoms with Crippen molar-refractivity contribution in [2.45, 2.75) is 46.1 Å². The average molecular weight is 282 g/mol. The Bertz CT molecular complexity index is 657. The molecule has 1 atom stereocenters. The van der Waals surface area contributed by atoms with Crippen LogP contribution in [-0.2, 0) is 25.8 Å². The van der Waals surface area contributed by atoms with Crippen LogP contribution in [0.25, 0.3) is 0 Å². The van der Waals surface area contributed by atoms with Gasteiger partial charge in [-0.3, -0.25) is 9.48 Å². The molecule has 0 fully saturated rings. The number of fused-ring (bicyclic) bond motifs is 1. The second-order valence-electron chi connectivity index (χ2n) is 5.76. The van der Waals surface area contributed by atoms with Gasteiger partial charge < -0.3 is 0 Å². The number of nitrogens with zero attached hydrogens (tertiary/aromatic N) is 2. The third kappa shape index (κ3) is 2.65. The van der Waals surface area contributed by atoms with Crippen LogP contribution in [0.5, 0.6) is 0 Å². The largest absolute Gasteiger partial charge is 0.294 e. The number of ketones is 1. The zero-order chi connectivity index (χ0) is 14.8. The molecule has 0 amide bonds. The summed E-state index contributed by atoms with van der Waals surface area (Å²) in [6.07, 6.45) is 3.72. The van der Waals surface area contributed by atoms with E-state index in [2.05, 4.69) is 31.1 Å². The van der Waals surface area contributed by atoms with Crippen molar-refractivity contribution in [3.8, 4) is 0 Å². The van der Waals surface area contributed by atoms with Crippen LogP contribution in [0.1, 0.15) is 47.6 Å². The minimum atomic E-state index is 0.103. The van der Waals surface area contributed by atoms with Crippen LogP contribution in [-0.4, -0.2) is 15.6 Å². The highest BCUT2D eigenvalue weighted by molar-refractivity contribution is 6.00. The van der Waals surface area contributed by atoms with Crippen LogP contribution >= 0.6 is 0 Å². The number of hydrogen-bond acceptors (Lipinski definition) is 2. The van der Waals surface area contributed by atoms with Crippen molar-refractivity contribution in [3.63, 3.8) is 0 Å². The summed E-state index contributed by atoms with van der Waals surface area (Å²) in [6, 6.07) is 10.2. The Balaban J connectivity index is 1.83. The molecule has 21 heavy (non-hydrogen) atoms. The Morgan fingerprint density at radius 2 is 2.10 bits per heavy atom. The molecular formula is C18H22N2O. The van der Waals surface area contributed by atoms with Gasteiger partial charge in [0.05, 0.1) is 5.69 Å². The van der Waals surface area contributed by atoms with Gasteiger partial charge in [0.1, 0.15) is 0 Å². The second kappa shape index (κ2) is 5.84. The summed E-state index contributed by atoms with van der Waals surface area (Å²) < 4.78 is 2.05. The van der Waals surface area contributed by atoms with Gasteiger partial charge in [0.25, 0.3) is 0 Å². The normalized spacial score (nSPS) is 17.8. The number of carbonyl (C=O) groups is 1. The van der Waals surface area contributed by atoms with Gasteiger partial charge >= 0.3 is 0 Å². The highest BCUT2D eigenvalue weighted by Crippen LogP contribution is 2.28. The summed E-state index contributed by atoms with van der Waals surface area (Å²) in [6.45, 7) is 5.09. The van der Waals surface area contributed by atoms with Gasteiger partial charge in [-0.05, 0) is 44.2 Å². The number of aryl methyl sites for hydroxylation is 3. The maximum Gasteiger partial charge on any atom is 0.166 e.